The van der Waals surface area contributed by atoms with E-state index in [1.54, 1.807) is 18.2 Å². The number of nitrogens with one attached hydrogen (secondary N) is 1. The SMILES string of the molecule is CC(Oc1cccc(-c2nnc3n2CCCCC3)c1)C(=O)NCC(F)(F)F. The molecule has 1 aromatic heterocycles. The minimum absolute atomic E-state index is 0.383. The minimum atomic E-state index is -4.46. The summed E-state index contributed by atoms with van der Waals surface area (Å²) >= 11 is 0. The van der Waals surface area contributed by atoms with E-state index in [0.717, 1.165) is 49.4 Å². The van der Waals surface area contributed by atoms with Gasteiger partial charge >= 0.3 is 6.18 Å². The second-order valence-electron chi connectivity index (χ2n) is 6.52. The lowest BCUT2D eigenvalue weighted by Gasteiger charge is -2.16. The minimum Gasteiger partial charge on any atom is -0.481 e. The van der Waals surface area contributed by atoms with Gasteiger partial charge in [0, 0.05) is 18.5 Å². The highest BCUT2D eigenvalue weighted by molar-refractivity contribution is 5.80. The van der Waals surface area contributed by atoms with Crippen molar-refractivity contribution in [2.75, 3.05) is 6.54 Å². The van der Waals surface area contributed by atoms with Gasteiger partial charge < -0.3 is 14.6 Å². The van der Waals surface area contributed by atoms with E-state index >= 15 is 0 Å². The maximum atomic E-state index is 12.2. The largest absolute Gasteiger partial charge is 0.481 e. The molecule has 27 heavy (non-hydrogen) atoms. The monoisotopic (exact) mass is 382 g/mol. The van der Waals surface area contributed by atoms with Crippen LogP contribution in [0, 0.1) is 0 Å². The van der Waals surface area contributed by atoms with E-state index in [0.29, 0.717) is 5.75 Å². The first kappa shape index (κ1) is 19.2. The standard InChI is InChI=1S/C18H21F3N4O2/c1-12(17(26)22-11-18(19,20)21)27-14-7-5-6-13(10-14)16-24-23-15-8-3-2-4-9-25(15)16/h5-7,10,12H,2-4,8-9,11H2,1H3,(H,22,26). The Balaban J connectivity index is 1.71. The van der Waals surface area contributed by atoms with Crippen LogP contribution in [0.15, 0.2) is 24.3 Å². The number of aryl methyl sites for hydroxylation is 1. The van der Waals surface area contributed by atoms with E-state index in [4.69, 9.17) is 4.74 Å². The van der Waals surface area contributed by atoms with Crippen molar-refractivity contribution in [2.45, 2.75) is 51.4 Å². The number of alkyl halides is 3. The summed E-state index contributed by atoms with van der Waals surface area (Å²) in [5.74, 6) is 1.24. The van der Waals surface area contributed by atoms with Crippen LogP contribution in [0.1, 0.15) is 32.0 Å². The molecule has 0 radical (unpaired) electrons. The highest BCUT2D eigenvalue weighted by Crippen LogP contribution is 2.26. The van der Waals surface area contributed by atoms with Gasteiger partial charge in [-0.25, -0.2) is 0 Å². The summed E-state index contributed by atoms with van der Waals surface area (Å²) < 4.78 is 44.2. The van der Waals surface area contributed by atoms with E-state index in [1.807, 2.05) is 11.4 Å². The lowest BCUT2D eigenvalue weighted by molar-refractivity contribution is -0.142. The van der Waals surface area contributed by atoms with Gasteiger partial charge in [-0.1, -0.05) is 18.6 Å². The third kappa shape index (κ3) is 4.99. The van der Waals surface area contributed by atoms with Crippen LogP contribution in [0.2, 0.25) is 0 Å². The summed E-state index contributed by atoms with van der Waals surface area (Å²) in [4.78, 5) is 11.8. The number of nitrogens with zero attached hydrogens (tertiary/aromatic N) is 3. The first-order valence-corrected chi connectivity index (χ1v) is 8.87. The van der Waals surface area contributed by atoms with Crippen LogP contribution in [0.25, 0.3) is 11.4 Å². The van der Waals surface area contributed by atoms with Gasteiger partial charge in [0.15, 0.2) is 11.9 Å². The third-order valence-corrected chi connectivity index (χ3v) is 4.35. The van der Waals surface area contributed by atoms with Crippen molar-refractivity contribution in [1.29, 1.82) is 0 Å². The Bertz CT molecular complexity index is 804. The van der Waals surface area contributed by atoms with Gasteiger partial charge in [-0.3, -0.25) is 4.79 Å². The number of hydrogen-bond donors (Lipinski definition) is 1. The molecule has 146 valence electrons. The quantitative estimate of drug-likeness (QED) is 0.863. The molecule has 2 aromatic rings. The summed E-state index contributed by atoms with van der Waals surface area (Å²) in [7, 11) is 0. The van der Waals surface area contributed by atoms with Crippen LogP contribution in [-0.2, 0) is 17.8 Å². The molecule has 0 bridgehead atoms. The second-order valence-corrected chi connectivity index (χ2v) is 6.52. The molecule has 0 saturated heterocycles. The van der Waals surface area contributed by atoms with E-state index in [1.165, 1.54) is 6.92 Å². The molecule has 1 aliphatic rings. The predicted octanol–water partition coefficient (Wildman–Crippen LogP) is 3.12. The summed E-state index contributed by atoms with van der Waals surface area (Å²) in [5.41, 5.74) is 0.788. The van der Waals surface area contributed by atoms with Crippen molar-refractivity contribution < 1.29 is 22.7 Å². The summed E-state index contributed by atoms with van der Waals surface area (Å²) in [6.45, 7) is 0.867. The predicted molar refractivity (Wildman–Crippen MR) is 92.2 cm³/mol. The van der Waals surface area contributed by atoms with Gasteiger partial charge in [-0.2, -0.15) is 13.2 Å². The highest BCUT2D eigenvalue weighted by atomic mass is 19.4. The molecule has 0 spiro atoms. The first-order valence-electron chi connectivity index (χ1n) is 8.87. The Labute approximate surface area is 154 Å². The van der Waals surface area contributed by atoms with Crippen LogP contribution in [0.4, 0.5) is 13.2 Å². The van der Waals surface area contributed by atoms with Gasteiger partial charge in [0.1, 0.15) is 18.1 Å². The lowest BCUT2D eigenvalue weighted by Crippen LogP contribution is -2.41. The lowest BCUT2D eigenvalue weighted by atomic mass is 10.2. The maximum absolute atomic E-state index is 12.2. The topological polar surface area (TPSA) is 69.0 Å². The van der Waals surface area contributed by atoms with Gasteiger partial charge in [0.05, 0.1) is 0 Å². The Kier molecular flexibility index (Phi) is 5.67. The van der Waals surface area contributed by atoms with Crippen molar-refractivity contribution in [3.63, 3.8) is 0 Å². The van der Waals surface area contributed by atoms with Crippen molar-refractivity contribution in [3.8, 4) is 17.1 Å². The van der Waals surface area contributed by atoms with Crippen LogP contribution >= 0.6 is 0 Å². The number of hydrogen-bond acceptors (Lipinski definition) is 4. The van der Waals surface area contributed by atoms with Crippen molar-refractivity contribution >= 4 is 5.91 Å². The summed E-state index contributed by atoms with van der Waals surface area (Å²) in [5, 5.41) is 10.4. The molecule has 3 rings (SSSR count). The van der Waals surface area contributed by atoms with Gasteiger partial charge in [-0.15, -0.1) is 10.2 Å². The number of carbonyl (C=O) groups is 1. The number of amides is 1. The molecule has 0 saturated carbocycles. The highest BCUT2D eigenvalue weighted by Gasteiger charge is 2.29. The molecule has 1 N–H and O–H groups in total. The number of carbonyl (C=O) groups excluding carboxylic acids is 1. The molecule has 1 aliphatic heterocycles. The van der Waals surface area contributed by atoms with E-state index < -0.39 is 24.7 Å². The van der Waals surface area contributed by atoms with E-state index in [2.05, 4.69) is 14.8 Å². The van der Waals surface area contributed by atoms with Crippen molar-refractivity contribution in [1.82, 2.24) is 20.1 Å². The fourth-order valence-corrected chi connectivity index (χ4v) is 3.00. The Morgan fingerprint density at radius 3 is 2.89 bits per heavy atom. The molecule has 2 heterocycles. The number of ether oxygens (including phenoxy) is 1. The average Bonchev–Trinajstić information content (AvgIpc) is 2.87. The van der Waals surface area contributed by atoms with Gasteiger partial charge in [-0.05, 0) is 31.9 Å². The molecule has 1 amide bonds. The van der Waals surface area contributed by atoms with Gasteiger partial charge in [0.2, 0.25) is 0 Å². The first-order chi connectivity index (χ1) is 12.8. The number of fused-ring (bicyclic) bond motifs is 1. The molecule has 9 heteroatoms. The zero-order chi connectivity index (χ0) is 19.4. The van der Waals surface area contributed by atoms with Crippen molar-refractivity contribution in [2.24, 2.45) is 0 Å². The van der Waals surface area contributed by atoms with E-state index in [-0.39, 0.29) is 0 Å². The van der Waals surface area contributed by atoms with Crippen LogP contribution in [0.3, 0.4) is 0 Å². The normalized spacial score (nSPS) is 15.6. The molecular weight excluding hydrogens is 361 g/mol. The summed E-state index contributed by atoms with van der Waals surface area (Å²) in [6, 6.07) is 6.99. The molecule has 6 nitrogen and oxygen atoms in total. The fourth-order valence-electron chi connectivity index (χ4n) is 3.00. The summed E-state index contributed by atoms with van der Waals surface area (Å²) in [6.07, 6.45) is -1.33. The third-order valence-electron chi connectivity index (χ3n) is 4.35. The average molecular weight is 382 g/mol. The van der Waals surface area contributed by atoms with E-state index in [9.17, 15) is 18.0 Å². The zero-order valence-corrected chi connectivity index (χ0v) is 14.9. The molecule has 0 aliphatic carbocycles. The Hall–Kier alpha value is -2.58. The number of halogens is 3. The maximum Gasteiger partial charge on any atom is 0.405 e. The van der Waals surface area contributed by atoms with Gasteiger partial charge in [0.25, 0.3) is 5.91 Å². The smallest absolute Gasteiger partial charge is 0.405 e. The Morgan fingerprint density at radius 2 is 2.11 bits per heavy atom. The number of aromatic nitrogens is 3. The molecule has 1 aromatic carbocycles. The van der Waals surface area contributed by atoms with Crippen molar-refractivity contribution in [3.05, 3.63) is 30.1 Å². The molecular formula is C18H21F3N4O2. The Morgan fingerprint density at radius 1 is 1.30 bits per heavy atom. The van der Waals surface area contributed by atoms with Crippen LogP contribution in [-0.4, -0.2) is 39.5 Å². The number of benzene rings is 1. The molecule has 0 fully saturated rings. The zero-order valence-electron chi connectivity index (χ0n) is 14.9. The molecule has 1 unspecified atom stereocenters. The van der Waals surface area contributed by atoms with Crippen LogP contribution in [0.5, 0.6) is 5.75 Å². The second kappa shape index (κ2) is 7.98. The van der Waals surface area contributed by atoms with Crippen LogP contribution < -0.4 is 10.1 Å². The molecule has 1 atom stereocenters. The fraction of sp³-hybridized carbons (Fsp3) is 0.500. The number of rotatable bonds is 5.